The van der Waals surface area contributed by atoms with Crippen molar-refractivity contribution in [3.8, 4) is 0 Å². The Bertz CT molecular complexity index is 676. The molecule has 0 aliphatic rings. The molecule has 0 saturated heterocycles. The summed E-state index contributed by atoms with van der Waals surface area (Å²) in [7, 11) is 0. The van der Waals surface area contributed by atoms with Crippen molar-refractivity contribution < 1.29 is 14.3 Å². The minimum atomic E-state index is -0.234. The van der Waals surface area contributed by atoms with Crippen LogP contribution in [-0.2, 0) is 17.9 Å². The molecule has 0 spiro atoms. The van der Waals surface area contributed by atoms with Gasteiger partial charge in [0.05, 0.1) is 6.61 Å². The molecule has 1 aromatic heterocycles. The molecule has 122 valence electrons. The second-order valence-corrected chi connectivity index (χ2v) is 5.36. The average molecular weight is 314 g/mol. The maximum Gasteiger partial charge on any atom is 0.267 e. The number of benzene rings is 1. The number of H-pyrrole nitrogens is 1. The number of aromatic amines is 1. The van der Waals surface area contributed by atoms with Crippen molar-refractivity contribution in [1.29, 1.82) is 0 Å². The topological polar surface area (TPSA) is 71.2 Å². The van der Waals surface area contributed by atoms with Crippen LogP contribution in [0.15, 0.2) is 36.5 Å². The van der Waals surface area contributed by atoms with E-state index in [1.807, 2.05) is 24.3 Å². The van der Waals surface area contributed by atoms with Crippen LogP contribution < -0.4 is 5.32 Å². The van der Waals surface area contributed by atoms with Crippen LogP contribution in [0.25, 0.3) is 0 Å². The number of carbonyl (C=O) groups excluding carboxylic acids is 2. The van der Waals surface area contributed by atoms with Gasteiger partial charge in [-0.05, 0) is 30.5 Å². The molecule has 0 unspecified atom stereocenters. The molecule has 0 atom stereocenters. The van der Waals surface area contributed by atoms with Gasteiger partial charge in [-0.15, -0.1) is 0 Å². The van der Waals surface area contributed by atoms with Crippen LogP contribution in [0.4, 0.5) is 0 Å². The van der Waals surface area contributed by atoms with Gasteiger partial charge in [0, 0.05) is 24.9 Å². The third-order valence-corrected chi connectivity index (χ3v) is 3.50. The molecule has 0 bridgehead atoms. The zero-order valence-electron chi connectivity index (χ0n) is 13.5. The number of aromatic nitrogens is 1. The predicted molar refractivity (Wildman–Crippen MR) is 88.4 cm³/mol. The van der Waals surface area contributed by atoms with Crippen LogP contribution in [0.2, 0.25) is 0 Å². The SMILES string of the molecule is CCCOCc1ccccc1CNC(=O)c1cc(C(C)=O)c[nH]1. The first kappa shape index (κ1) is 17.0. The van der Waals surface area contributed by atoms with Gasteiger partial charge in [-0.25, -0.2) is 0 Å². The summed E-state index contributed by atoms with van der Waals surface area (Å²) in [5.41, 5.74) is 2.98. The Balaban J connectivity index is 1.96. The molecule has 2 rings (SSSR count). The lowest BCUT2D eigenvalue weighted by Gasteiger charge is -2.10. The standard InChI is InChI=1S/C18H22N2O3/c1-3-8-23-12-15-7-5-4-6-14(15)10-20-18(22)17-9-16(11-19-17)13(2)21/h4-7,9,11,19H,3,8,10,12H2,1-2H3,(H,20,22). The second-order valence-electron chi connectivity index (χ2n) is 5.36. The molecule has 0 aliphatic heterocycles. The molecular weight excluding hydrogens is 292 g/mol. The van der Waals surface area contributed by atoms with Gasteiger partial charge in [0.25, 0.3) is 5.91 Å². The molecule has 2 aromatic rings. The van der Waals surface area contributed by atoms with Crippen molar-refractivity contribution in [1.82, 2.24) is 10.3 Å². The second kappa shape index (κ2) is 8.29. The van der Waals surface area contributed by atoms with E-state index in [9.17, 15) is 9.59 Å². The molecule has 0 fully saturated rings. The van der Waals surface area contributed by atoms with Crippen LogP contribution in [0, 0.1) is 0 Å². The predicted octanol–water partition coefficient (Wildman–Crippen LogP) is 3.07. The normalized spacial score (nSPS) is 10.5. The first-order chi connectivity index (χ1) is 11.1. The fourth-order valence-electron chi connectivity index (χ4n) is 2.20. The zero-order valence-corrected chi connectivity index (χ0v) is 13.5. The summed E-state index contributed by atoms with van der Waals surface area (Å²) in [5.74, 6) is -0.305. The van der Waals surface area contributed by atoms with Crippen LogP contribution >= 0.6 is 0 Å². The van der Waals surface area contributed by atoms with Crippen molar-refractivity contribution in [2.24, 2.45) is 0 Å². The summed E-state index contributed by atoms with van der Waals surface area (Å²) in [4.78, 5) is 26.2. The number of ether oxygens (including phenoxy) is 1. The summed E-state index contributed by atoms with van der Waals surface area (Å²) in [5, 5.41) is 2.86. The first-order valence-electron chi connectivity index (χ1n) is 7.74. The highest BCUT2D eigenvalue weighted by Crippen LogP contribution is 2.11. The molecule has 5 heteroatoms. The minimum Gasteiger partial charge on any atom is -0.377 e. The Labute approximate surface area is 136 Å². The molecule has 1 aromatic carbocycles. The first-order valence-corrected chi connectivity index (χ1v) is 7.74. The van der Waals surface area contributed by atoms with Crippen molar-refractivity contribution >= 4 is 11.7 Å². The van der Waals surface area contributed by atoms with E-state index < -0.39 is 0 Å². The number of hydrogen-bond acceptors (Lipinski definition) is 3. The number of nitrogens with one attached hydrogen (secondary N) is 2. The molecule has 0 radical (unpaired) electrons. The summed E-state index contributed by atoms with van der Waals surface area (Å²) >= 11 is 0. The van der Waals surface area contributed by atoms with E-state index in [2.05, 4.69) is 17.2 Å². The summed E-state index contributed by atoms with van der Waals surface area (Å²) in [6.45, 7) is 5.21. The highest BCUT2D eigenvalue weighted by atomic mass is 16.5. The molecule has 23 heavy (non-hydrogen) atoms. The van der Waals surface area contributed by atoms with Crippen molar-refractivity contribution in [3.63, 3.8) is 0 Å². The third-order valence-electron chi connectivity index (χ3n) is 3.50. The number of amides is 1. The number of hydrogen-bond donors (Lipinski definition) is 2. The smallest absolute Gasteiger partial charge is 0.267 e. The zero-order chi connectivity index (χ0) is 16.7. The molecule has 1 amide bonds. The van der Waals surface area contributed by atoms with Crippen LogP contribution in [0.3, 0.4) is 0 Å². The Morgan fingerprint density at radius 3 is 2.61 bits per heavy atom. The van der Waals surface area contributed by atoms with Gasteiger partial charge < -0.3 is 15.0 Å². The van der Waals surface area contributed by atoms with E-state index in [0.717, 1.165) is 24.2 Å². The Hall–Kier alpha value is -2.40. The highest BCUT2D eigenvalue weighted by molar-refractivity contribution is 5.99. The Morgan fingerprint density at radius 1 is 1.22 bits per heavy atom. The molecule has 1 heterocycles. The lowest BCUT2D eigenvalue weighted by Crippen LogP contribution is -2.23. The van der Waals surface area contributed by atoms with Crippen LogP contribution in [0.5, 0.6) is 0 Å². The maximum atomic E-state index is 12.1. The monoisotopic (exact) mass is 314 g/mol. The molecule has 2 N–H and O–H groups in total. The van der Waals surface area contributed by atoms with E-state index in [4.69, 9.17) is 4.74 Å². The molecular formula is C18H22N2O3. The minimum absolute atomic E-state index is 0.0706. The highest BCUT2D eigenvalue weighted by Gasteiger charge is 2.11. The summed E-state index contributed by atoms with van der Waals surface area (Å²) in [6.07, 6.45) is 2.52. The van der Waals surface area contributed by atoms with Crippen molar-refractivity contribution in [3.05, 3.63) is 58.9 Å². The van der Waals surface area contributed by atoms with E-state index in [1.54, 1.807) is 12.3 Å². The van der Waals surface area contributed by atoms with Crippen molar-refractivity contribution in [2.45, 2.75) is 33.4 Å². The molecule has 5 nitrogen and oxygen atoms in total. The van der Waals surface area contributed by atoms with Crippen LogP contribution in [-0.4, -0.2) is 23.3 Å². The number of rotatable bonds is 8. The van der Waals surface area contributed by atoms with E-state index in [-0.39, 0.29) is 11.7 Å². The quantitative estimate of drug-likeness (QED) is 0.581. The summed E-state index contributed by atoms with van der Waals surface area (Å²) < 4.78 is 5.57. The van der Waals surface area contributed by atoms with E-state index in [0.29, 0.717) is 24.4 Å². The van der Waals surface area contributed by atoms with Gasteiger partial charge in [0.2, 0.25) is 0 Å². The Morgan fingerprint density at radius 2 is 1.96 bits per heavy atom. The van der Waals surface area contributed by atoms with E-state index in [1.165, 1.54) is 6.92 Å². The Kier molecular flexibility index (Phi) is 6.11. The van der Waals surface area contributed by atoms with Crippen molar-refractivity contribution in [2.75, 3.05) is 6.61 Å². The van der Waals surface area contributed by atoms with Gasteiger partial charge >= 0.3 is 0 Å². The lowest BCUT2D eigenvalue weighted by atomic mass is 10.1. The van der Waals surface area contributed by atoms with E-state index >= 15 is 0 Å². The molecule has 0 saturated carbocycles. The number of carbonyl (C=O) groups is 2. The van der Waals surface area contributed by atoms with Gasteiger partial charge in [-0.1, -0.05) is 31.2 Å². The van der Waals surface area contributed by atoms with Crippen LogP contribution in [0.1, 0.15) is 52.2 Å². The maximum absolute atomic E-state index is 12.1. The van der Waals surface area contributed by atoms with Gasteiger partial charge in [0.1, 0.15) is 5.69 Å². The summed E-state index contributed by atoms with van der Waals surface area (Å²) in [6, 6.07) is 9.43. The lowest BCUT2D eigenvalue weighted by molar-refractivity contribution is 0.0945. The van der Waals surface area contributed by atoms with Gasteiger partial charge in [0.15, 0.2) is 5.78 Å². The number of ketones is 1. The molecule has 0 aliphatic carbocycles. The average Bonchev–Trinajstić information content (AvgIpc) is 3.04. The largest absolute Gasteiger partial charge is 0.377 e. The number of Topliss-reactive ketones (excluding diaryl/α,β-unsaturated/α-hetero) is 1. The van der Waals surface area contributed by atoms with Gasteiger partial charge in [-0.3, -0.25) is 9.59 Å². The van der Waals surface area contributed by atoms with Gasteiger partial charge in [-0.2, -0.15) is 0 Å². The fraction of sp³-hybridized carbons (Fsp3) is 0.333. The fourth-order valence-corrected chi connectivity index (χ4v) is 2.20. The third kappa shape index (κ3) is 4.79.